The van der Waals surface area contributed by atoms with Crippen molar-refractivity contribution in [1.82, 2.24) is 9.97 Å². The third-order valence-corrected chi connectivity index (χ3v) is 4.19. The van der Waals surface area contributed by atoms with Gasteiger partial charge in [0.1, 0.15) is 10.8 Å². The van der Waals surface area contributed by atoms with E-state index in [2.05, 4.69) is 15.3 Å². The van der Waals surface area contributed by atoms with Crippen LogP contribution in [-0.2, 0) is 11.2 Å². The molecule has 0 radical (unpaired) electrons. The van der Waals surface area contributed by atoms with Crippen LogP contribution in [0.2, 0.25) is 0 Å². The van der Waals surface area contributed by atoms with Crippen molar-refractivity contribution in [3.8, 4) is 16.3 Å². The van der Waals surface area contributed by atoms with Crippen molar-refractivity contribution in [3.05, 3.63) is 59.9 Å². The summed E-state index contributed by atoms with van der Waals surface area (Å²) >= 11 is 1.51. The van der Waals surface area contributed by atoms with Crippen molar-refractivity contribution in [2.45, 2.75) is 13.3 Å². The SMILES string of the molecule is CCOc1ccc(NC(=O)Cc2csc(-c3cccnc3)n2)cc1. The fourth-order valence-electron chi connectivity index (χ4n) is 2.18. The maximum absolute atomic E-state index is 12.1. The summed E-state index contributed by atoms with van der Waals surface area (Å²) in [6.45, 7) is 2.55. The summed E-state index contributed by atoms with van der Waals surface area (Å²) in [5.41, 5.74) is 2.45. The number of rotatable bonds is 6. The predicted molar refractivity (Wildman–Crippen MR) is 95.3 cm³/mol. The third kappa shape index (κ3) is 4.17. The number of carbonyl (C=O) groups excluding carboxylic acids is 1. The molecule has 0 spiro atoms. The molecule has 3 aromatic rings. The summed E-state index contributed by atoms with van der Waals surface area (Å²) in [4.78, 5) is 20.7. The van der Waals surface area contributed by atoms with E-state index in [0.717, 1.165) is 27.7 Å². The maximum atomic E-state index is 12.1. The fraction of sp³-hybridized carbons (Fsp3) is 0.167. The van der Waals surface area contributed by atoms with E-state index in [-0.39, 0.29) is 12.3 Å². The average molecular weight is 339 g/mol. The first-order chi connectivity index (χ1) is 11.7. The molecule has 24 heavy (non-hydrogen) atoms. The number of ether oxygens (including phenoxy) is 1. The molecule has 0 saturated heterocycles. The summed E-state index contributed by atoms with van der Waals surface area (Å²) in [6, 6.07) is 11.1. The van der Waals surface area contributed by atoms with Crippen molar-refractivity contribution < 1.29 is 9.53 Å². The van der Waals surface area contributed by atoms with Crippen molar-refractivity contribution in [1.29, 1.82) is 0 Å². The smallest absolute Gasteiger partial charge is 0.230 e. The van der Waals surface area contributed by atoms with Gasteiger partial charge in [-0.25, -0.2) is 4.98 Å². The lowest BCUT2D eigenvalue weighted by Crippen LogP contribution is -2.14. The molecule has 1 aromatic carbocycles. The number of nitrogens with one attached hydrogen (secondary N) is 1. The number of carbonyl (C=O) groups is 1. The standard InChI is InChI=1S/C18H17N3O2S/c1-2-23-16-7-5-14(6-8-16)20-17(22)10-15-12-24-18(21-15)13-4-3-9-19-11-13/h3-9,11-12H,2,10H2,1H3,(H,20,22). The van der Waals surface area contributed by atoms with Crippen LogP contribution in [0, 0.1) is 0 Å². The summed E-state index contributed by atoms with van der Waals surface area (Å²) in [7, 11) is 0. The van der Waals surface area contributed by atoms with E-state index in [9.17, 15) is 4.79 Å². The summed E-state index contributed by atoms with van der Waals surface area (Å²) in [5, 5.41) is 5.64. The van der Waals surface area contributed by atoms with E-state index in [1.54, 1.807) is 12.4 Å². The van der Waals surface area contributed by atoms with E-state index in [0.29, 0.717) is 6.61 Å². The Balaban J connectivity index is 1.60. The van der Waals surface area contributed by atoms with Gasteiger partial charge in [0.2, 0.25) is 5.91 Å². The Morgan fingerprint density at radius 1 is 1.25 bits per heavy atom. The second-order valence-electron chi connectivity index (χ2n) is 5.07. The zero-order valence-electron chi connectivity index (χ0n) is 13.2. The van der Waals surface area contributed by atoms with Crippen molar-refractivity contribution >= 4 is 22.9 Å². The first-order valence-corrected chi connectivity index (χ1v) is 8.50. The van der Waals surface area contributed by atoms with Crippen LogP contribution < -0.4 is 10.1 Å². The van der Waals surface area contributed by atoms with Gasteiger partial charge in [0.15, 0.2) is 0 Å². The highest BCUT2D eigenvalue weighted by Gasteiger charge is 2.09. The van der Waals surface area contributed by atoms with E-state index >= 15 is 0 Å². The minimum atomic E-state index is -0.0952. The van der Waals surface area contributed by atoms with Gasteiger partial charge >= 0.3 is 0 Å². The normalized spacial score (nSPS) is 10.4. The summed E-state index contributed by atoms with van der Waals surface area (Å²) in [6.07, 6.45) is 3.73. The van der Waals surface area contributed by atoms with Gasteiger partial charge in [-0.1, -0.05) is 0 Å². The van der Waals surface area contributed by atoms with E-state index in [1.165, 1.54) is 11.3 Å². The number of nitrogens with zero attached hydrogens (tertiary/aromatic N) is 2. The van der Waals surface area contributed by atoms with Crippen LogP contribution in [0.4, 0.5) is 5.69 Å². The maximum Gasteiger partial charge on any atom is 0.230 e. The zero-order chi connectivity index (χ0) is 16.8. The number of benzene rings is 1. The Kier molecular flexibility index (Phi) is 5.18. The van der Waals surface area contributed by atoms with Gasteiger partial charge in [0.25, 0.3) is 0 Å². The van der Waals surface area contributed by atoms with Crippen LogP contribution in [-0.4, -0.2) is 22.5 Å². The van der Waals surface area contributed by atoms with Gasteiger partial charge in [-0.2, -0.15) is 0 Å². The van der Waals surface area contributed by atoms with Gasteiger partial charge in [-0.05, 0) is 43.3 Å². The number of anilines is 1. The molecule has 2 heterocycles. The molecule has 5 nitrogen and oxygen atoms in total. The molecule has 3 rings (SSSR count). The quantitative estimate of drug-likeness (QED) is 0.742. The molecular weight excluding hydrogens is 322 g/mol. The minimum absolute atomic E-state index is 0.0952. The Morgan fingerprint density at radius 2 is 2.08 bits per heavy atom. The van der Waals surface area contributed by atoms with Crippen LogP contribution in [0.5, 0.6) is 5.75 Å². The number of amides is 1. The fourth-order valence-corrected chi connectivity index (χ4v) is 2.99. The van der Waals surface area contributed by atoms with Gasteiger partial charge in [0.05, 0.1) is 18.7 Å². The van der Waals surface area contributed by atoms with E-state index in [1.807, 2.05) is 48.7 Å². The molecule has 0 fully saturated rings. The Hall–Kier alpha value is -2.73. The topological polar surface area (TPSA) is 64.1 Å². The molecule has 0 bridgehead atoms. The second-order valence-corrected chi connectivity index (χ2v) is 5.93. The van der Waals surface area contributed by atoms with Crippen LogP contribution in [0.3, 0.4) is 0 Å². The number of pyridine rings is 1. The molecule has 1 amide bonds. The molecule has 0 aliphatic carbocycles. The van der Waals surface area contributed by atoms with Crippen molar-refractivity contribution in [3.63, 3.8) is 0 Å². The van der Waals surface area contributed by atoms with Crippen LogP contribution in [0.25, 0.3) is 10.6 Å². The van der Waals surface area contributed by atoms with E-state index < -0.39 is 0 Å². The highest BCUT2D eigenvalue weighted by atomic mass is 32.1. The first-order valence-electron chi connectivity index (χ1n) is 7.62. The average Bonchev–Trinajstić information content (AvgIpc) is 3.06. The summed E-state index contributed by atoms with van der Waals surface area (Å²) in [5.74, 6) is 0.693. The minimum Gasteiger partial charge on any atom is -0.494 e. The largest absolute Gasteiger partial charge is 0.494 e. The number of hydrogen-bond acceptors (Lipinski definition) is 5. The molecule has 0 aliphatic heterocycles. The molecular formula is C18H17N3O2S. The molecule has 0 saturated carbocycles. The lowest BCUT2D eigenvalue weighted by atomic mass is 10.2. The van der Waals surface area contributed by atoms with Gasteiger partial charge in [-0.15, -0.1) is 11.3 Å². The Morgan fingerprint density at radius 3 is 2.79 bits per heavy atom. The molecule has 0 unspecified atom stereocenters. The Labute approximate surface area is 144 Å². The number of hydrogen-bond donors (Lipinski definition) is 1. The third-order valence-electron chi connectivity index (χ3n) is 3.25. The summed E-state index contributed by atoms with van der Waals surface area (Å²) < 4.78 is 5.38. The van der Waals surface area contributed by atoms with Gasteiger partial charge in [0, 0.05) is 29.0 Å². The molecule has 1 N–H and O–H groups in total. The van der Waals surface area contributed by atoms with Crippen molar-refractivity contribution in [2.24, 2.45) is 0 Å². The number of thiazole rings is 1. The molecule has 6 heteroatoms. The monoisotopic (exact) mass is 339 g/mol. The number of aromatic nitrogens is 2. The lowest BCUT2D eigenvalue weighted by molar-refractivity contribution is -0.115. The molecule has 0 atom stereocenters. The van der Waals surface area contributed by atoms with Crippen LogP contribution >= 0.6 is 11.3 Å². The first kappa shape index (κ1) is 16.1. The lowest BCUT2D eigenvalue weighted by Gasteiger charge is -2.06. The van der Waals surface area contributed by atoms with Crippen LogP contribution in [0.1, 0.15) is 12.6 Å². The van der Waals surface area contributed by atoms with Crippen LogP contribution in [0.15, 0.2) is 54.2 Å². The zero-order valence-corrected chi connectivity index (χ0v) is 14.0. The van der Waals surface area contributed by atoms with Gasteiger partial charge in [-0.3, -0.25) is 9.78 Å². The highest BCUT2D eigenvalue weighted by molar-refractivity contribution is 7.13. The van der Waals surface area contributed by atoms with Crippen molar-refractivity contribution in [2.75, 3.05) is 11.9 Å². The molecule has 122 valence electrons. The van der Waals surface area contributed by atoms with E-state index in [4.69, 9.17) is 4.74 Å². The van der Waals surface area contributed by atoms with Gasteiger partial charge < -0.3 is 10.1 Å². The predicted octanol–water partition coefficient (Wildman–Crippen LogP) is 3.79. The highest BCUT2D eigenvalue weighted by Crippen LogP contribution is 2.23. The molecule has 2 aromatic heterocycles. The Bertz CT molecular complexity index is 801. The molecule has 0 aliphatic rings. The second kappa shape index (κ2) is 7.70.